The molecule has 0 unspecified atom stereocenters. The predicted molar refractivity (Wildman–Crippen MR) is 73.8 cm³/mol. The van der Waals surface area contributed by atoms with Gasteiger partial charge in [0.15, 0.2) is 5.82 Å². The van der Waals surface area contributed by atoms with Crippen molar-refractivity contribution in [2.45, 2.75) is 33.3 Å². The Morgan fingerprint density at radius 1 is 1.42 bits per heavy atom. The van der Waals surface area contributed by atoms with Crippen LogP contribution in [0, 0.1) is 12.7 Å². The molecule has 0 atom stereocenters. The minimum Gasteiger partial charge on any atom is -0.443 e. The van der Waals surface area contributed by atoms with Crippen molar-refractivity contribution in [1.82, 2.24) is 9.55 Å². The number of imidazole rings is 1. The SMILES string of the molecule is Cc1nc2c(F)c(Br)ccc2n1C(=O)OC(C)(C)C. The molecule has 0 amide bonds. The summed E-state index contributed by atoms with van der Waals surface area (Å²) in [7, 11) is 0. The summed E-state index contributed by atoms with van der Waals surface area (Å²) in [5, 5.41) is 0. The zero-order chi connectivity index (χ0) is 14.4. The highest BCUT2D eigenvalue weighted by Gasteiger charge is 2.23. The second kappa shape index (κ2) is 4.59. The summed E-state index contributed by atoms with van der Waals surface area (Å²) >= 11 is 3.10. The van der Waals surface area contributed by atoms with Gasteiger partial charge in [-0.15, -0.1) is 0 Å². The molecule has 0 aliphatic rings. The van der Waals surface area contributed by atoms with Gasteiger partial charge >= 0.3 is 6.09 Å². The van der Waals surface area contributed by atoms with Crippen molar-refractivity contribution in [2.75, 3.05) is 0 Å². The van der Waals surface area contributed by atoms with Crippen LogP contribution in [0.4, 0.5) is 9.18 Å². The number of nitrogens with zero attached hydrogens (tertiary/aromatic N) is 2. The molecule has 4 nitrogen and oxygen atoms in total. The lowest BCUT2D eigenvalue weighted by atomic mass is 10.2. The number of halogens is 2. The van der Waals surface area contributed by atoms with Gasteiger partial charge in [0, 0.05) is 0 Å². The molecule has 0 saturated heterocycles. The highest BCUT2D eigenvalue weighted by Crippen LogP contribution is 2.26. The monoisotopic (exact) mass is 328 g/mol. The molecule has 0 aliphatic carbocycles. The molecular weight excluding hydrogens is 315 g/mol. The van der Waals surface area contributed by atoms with Gasteiger partial charge in [-0.2, -0.15) is 0 Å². The maximum absolute atomic E-state index is 13.9. The van der Waals surface area contributed by atoms with Crippen LogP contribution in [0.25, 0.3) is 11.0 Å². The number of benzene rings is 1. The molecule has 0 radical (unpaired) electrons. The molecule has 1 aromatic carbocycles. The zero-order valence-electron chi connectivity index (χ0n) is 11.1. The number of rotatable bonds is 0. The van der Waals surface area contributed by atoms with E-state index in [-0.39, 0.29) is 5.52 Å². The number of fused-ring (bicyclic) bond motifs is 1. The van der Waals surface area contributed by atoms with E-state index >= 15 is 0 Å². The Morgan fingerprint density at radius 2 is 2.05 bits per heavy atom. The fraction of sp³-hybridized carbons (Fsp3) is 0.385. The van der Waals surface area contributed by atoms with Gasteiger partial charge in [-0.25, -0.2) is 18.7 Å². The maximum atomic E-state index is 13.9. The lowest BCUT2D eigenvalue weighted by Crippen LogP contribution is -2.27. The van der Waals surface area contributed by atoms with Gasteiger partial charge in [-0.05, 0) is 55.8 Å². The third-order valence-corrected chi connectivity index (χ3v) is 3.07. The van der Waals surface area contributed by atoms with E-state index in [9.17, 15) is 9.18 Å². The molecule has 102 valence electrons. The molecule has 19 heavy (non-hydrogen) atoms. The van der Waals surface area contributed by atoms with Crippen molar-refractivity contribution in [3.05, 3.63) is 28.2 Å². The highest BCUT2D eigenvalue weighted by atomic mass is 79.9. The Labute approximate surface area is 118 Å². The Hall–Kier alpha value is -1.43. The molecule has 0 N–H and O–H groups in total. The number of ether oxygens (including phenoxy) is 1. The molecule has 1 aromatic heterocycles. The van der Waals surface area contributed by atoms with Gasteiger partial charge in [0.05, 0.1) is 9.99 Å². The van der Waals surface area contributed by atoms with Crippen LogP contribution in [0.15, 0.2) is 16.6 Å². The number of aromatic nitrogens is 2. The average molecular weight is 329 g/mol. The predicted octanol–water partition coefficient (Wildman–Crippen LogP) is 4.03. The second-order valence-corrected chi connectivity index (χ2v) is 6.06. The first-order valence-electron chi connectivity index (χ1n) is 5.77. The van der Waals surface area contributed by atoms with Gasteiger partial charge in [-0.1, -0.05) is 0 Å². The van der Waals surface area contributed by atoms with Crippen molar-refractivity contribution < 1.29 is 13.9 Å². The summed E-state index contributed by atoms with van der Waals surface area (Å²) < 4.78 is 20.8. The molecule has 0 bridgehead atoms. The van der Waals surface area contributed by atoms with Crippen molar-refractivity contribution in [3.8, 4) is 0 Å². The normalized spacial score (nSPS) is 11.9. The van der Waals surface area contributed by atoms with E-state index in [4.69, 9.17) is 4.74 Å². The Kier molecular flexibility index (Phi) is 3.38. The van der Waals surface area contributed by atoms with Crippen LogP contribution in [-0.4, -0.2) is 21.2 Å². The number of hydrogen-bond donors (Lipinski definition) is 0. The van der Waals surface area contributed by atoms with Crippen LogP contribution in [-0.2, 0) is 4.74 Å². The first-order chi connectivity index (χ1) is 8.70. The van der Waals surface area contributed by atoms with Crippen molar-refractivity contribution >= 4 is 33.1 Å². The summed E-state index contributed by atoms with van der Waals surface area (Å²) in [5.41, 5.74) is -0.0706. The molecule has 0 aliphatic heterocycles. The van der Waals surface area contributed by atoms with E-state index in [0.717, 1.165) is 0 Å². The molecular formula is C13H14BrFN2O2. The molecule has 1 heterocycles. The van der Waals surface area contributed by atoms with Crippen LogP contribution >= 0.6 is 15.9 Å². The molecule has 0 saturated carbocycles. The fourth-order valence-electron chi connectivity index (χ4n) is 1.74. The molecule has 0 fully saturated rings. The Balaban J connectivity index is 2.59. The molecule has 2 aromatic rings. The highest BCUT2D eigenvalue weighted by molar-refractivity contribution is 9.10. The van der Waals surface area contributed by atoms with E-state index in [2.05, 4.69) is 20.9 Å². The summed E-state index contributed by atoms with van der Waals surface area (Å²) in [6.45, 7) is 6.96. The van der Waals surface area contributed by atoms with Gasteiger partial charge in [0.25, 0.3) is 0 Å². The smallest absolute Gasteiger partial charge is 0.420 e. The van der Waals surface area contributed by atoms with E-state index in [1.54, 1.807) is 39.8 Å². The lowest BCUT2D eigenvalue weighted by molar-refractivity contribution is 0.0540. The van der Waals surface area contributed by atoms with Crippen LogP contribution < -0.4 is 0 Å². The third kappa shape index (κ3) is 2.63. The molecule has 6 heteroatoms. The summed E-state index contributed by atoms with van der Waals surface area (Å²) in [5.74, 6) is -0.0934. The summed E-state index contributed by atoms with van der Waals surface area (Å²) in [4.78, 5) is 16.2. The number of carbonyl (C=O) groups is 1. The first kappa shape index (κ1) is 14.0. The van der Waals surface area contributed by atoms with Crippen LogP contribution in [0.3, 0.4) is 0 Å². The largest absolute Gasteiger partial charge is 0.443 e. The zero-order valence-corrected chi connectivity index (χ0v) is 12.7. The van der Waals surface area contributed by atoms with Crippen LogP contribution in [0.5, 0.6) is 0 Å². The minimum absolute atomic E-state index is 0.151. The average Bonchev–Trinajstić information content (AvgIpc) is 2.58. The Morgan fingerprint density at radius 3 is 2.63 bits per heavy atom. The van der Waals surface area contributed by atoms with E-state index < -0.39 is 17.5 Å². The van der Waals surface area contributed by atoms with Crippen molar-refractivity contribution in [1.29, 1.82) is 0 Å². The van der Waals surface area contributed by atoms with E-state index in [0.29, 0.717) is 15.8 Å². The maximum Gasteiger partial charge on any atom is 0.420 e. The topological polar surface area (TPSA) is 44.1 Å². The van der Waals surface area contributed by atoms with Crippen molar-refractivity contribution in [3.63, 3.8) is 0 Å². The summed E-state index contributed by atoms with van der Waals surface area (Å²) in [6, 6.07) is 3.17. The van der Waals surface area contributed by atoms with Gasteiger partial charge < -0.3 is 4.74 Å². The van der Waals surface area contributed by atoms with Crippen LogP contribution in [0.1, 0.15) is 26.6 Å². The van der Waals surface area contributed by atoms with Crippen molar-refractivity contribution in [2.24, 2.45) is 0 Å². The number of aryl methyl sites for hydroxylation is 1. The van der Waals surface area contributed by atoms with Crippen LogP contribution in [0.2, 0.25) is 0 Å². The standard InChI is InChI=1S/C13H14BrFN2O2/c1-7-16-11-9(6-5-8(14)10(11)15)17(7)12(18)19-13(2,3)4/h5-6H,1-4H3. The first-order valence-corrected chi connectivity index (χ1v) is 6.56. The number of carbonyl (C=O) groups excluding carboxylic acids is 1. The van der Waals surface area contributed by atoms with Gasteiger partial charge in [-0.3, -0.25) is 0 Å². The van der Waals surface area contributed by atoms with E-state index in [1.807, 2.05) is 0 Å². The quantitative estimate of drug-likeness (QED) is 0.733. The number of hydrogen-bond acceptors (Lipinski definition) is 3. The van der Waals surface area contributed by atoms with E-state index in [1.165, 1.54) is 4.57 Å². The summed E-state index contributed by atoms with van der Waals surface area (Å²) in [6.07, 6.45) is -0.561. The van der Waals surface area contributed by atoms with Gasteiger partial charge in [0.1, 0.15) is 16.9 Å². The Bertz CT molecular complexity index is 659. The van der Waals surface area contributed by atoms with Gasteiger partial charge in [0.2, 0.25) is 0 Å². The third-order valence-electron chi connectivity index (χ3n) is 2.46. The molecule has 2 rings (SSSR count). The fourth-order valence-corrected chi connectivity index (χ4v) is 2.06. The lowest BCUT2D eigenvalue weighted by Gasteiger charge is -2.20. The molecule has 0 spiro atoms. The second-order valence-electron chi connectivity index (χ2n) is 5.20. The minimum atomic E-state index is -0.617.